The average Bonchev–Trinajstić information content (AvgIpc) is 3.28. The number of para-hydroxylation sites is 1. The summed E-state index contributed by atoms with van der Waals surface area (Å²) in [6, 6.07) is 24.5. The van der Waals surface area contributed by atoms with Crippen LogP contribution in [0.2, 0.25) is 0 Å². The summed E-state index contributed by atoms with van der Waals surface area (Å²) in [6.45, 7) is 4.16. The highest BCUT2D eigenvalue weighted by molar-refractivity contribution is 6.07. The maximum atomic E-state index is 13.4. The molecule has 0 aliphatic rings. The lowest BCUT2D eigenvalue weighted by atomic mass is 10.1. The van der Waals surface area contributed by atoms with Crippen LogP contribution in [0.25, 0.3) is 27.5 Å². The number of rotatable bonds is 3. The Morgan fingerprint density at radius 2 is 1.53 bits per heavy atom. The van der Waals surface area contributed by atoms with Gasteiger partial charge in [0.1, 0.15) is 5.69 Å². The second kappa shape index (κ2) is 6.92. The van der Waals surface area contributed by atoms with Crippen LogP contribution in [-0.4, -0.2) is 15.0 Å². The van der Waals surface area contributed by atoms with E-state index in [4.69, 9.17) is 0 Å². The lowest BCUT2D eigenvalue weighted by Gasteiger charge is -2.13. The summed E-state index contributed by atoms with van der Waals surface area (Å²) in [5, 5.41) is 5.23. The van der Waals surface area contributed by atoms with Gasteiger partial charge < -0.3 is 14.5 Å². The van der Waals surface area contributed by atoms with Crippen LogP contribution in [-0.2, 0) is 7.05 Å². The Bertz CT molecular complexity index is 1400. The minimum atomic E-state index is -0.124. The number of nitrogens with one attached hydrogen (secondary N) is 1. The lowest BCUT2D eigenvalue weighted by Crippen LogP contribution is -2.16. The molecule has 3 aromatic carbocycles. The van der Waals surface area contributed by atoms with Crippen LogP contribution in [0, 0.1) is 13.8 Å². The molecule has 4 heteroatoms. The molecule has 0 spiro atoms. The fourth-order valence-corrected chi connectivity index (χ4v) is 4.23. The normalized spacial score (nSPS) is 11.3. The second-order valence-electron chi connectivity index (χ2n) is 7.92. The summed E-state index contributed by atoms with van der Waals surface area (Å²) >= 11 is 0. The Morgan fingerprint density at radius 3 is 2.33 bits per heavy atom. The molecular formula is C26H23N3O. The predicted molar refractivity (Wildman–Crippen MR) is 124 cm³/mol. The molecule has 1 N–H and O–H groups in total. The first-order chi connectivity index (χ1) is 14.5. The van der Waals surface area contributed by atoms with Crippen LogP contribution in [0.1, 0.15) is 21.6 Å². The van der Waals surface area contributed by atoms with Gasteiger partial charge in [-0.15, -0.1) is 0 Å². The molecule has 0 fully saturated rings. The molecule has 0 bridgehead atoms. The molecular weight excluding hydrogens is 370 g/mol. The number of aryl methyl sites for hydroxylation is 3. The Balaban J connectivity index is 1.61. The second-order valence-corrected chi connectivity index (χ2v) is 7.92. The van der Waals surface area contributed by atoms with E-state index in [1.807, 2.05) is 60.3 Å². The fourth-order valence-electron chi connectivity index (χ4n) is 4.23. The van der Waals surface area contributed by atoms with Crippen molar-refractivity contribution >= 4 is 33.4 Å². The topological polar surface area (TPSA) is 39.0 Å². The van der Waals surface area contributed by atoms with E-state index in [1.165, 1.54) is 11.1 Å². The Labute approximate surface area is 175 Å². The maximum absolute atomic E-state index is 13.4. The monoisotopic (exact) mass is 393 g/mol. The number of anilines is 1. The highest BCUT2D eigenvalue weighted by atomic mass is 16.1. The Hall–Kier alpha value is -3.79. The zero-order valence-corrected chi connectivity index (χ0v) is 17.3. The third kappa shape index (κ3) is 3.07. The van der Waals surface area contributed by atoms with E-state index in [1.54, 1.807) is 0 Å². The molecule has 2 aromatic heterocycles. The molecule has 0 unspecified atom stereocenters. The first kappa shape index (κ1) is 18.3. The first-order valence-corrected chi connectivity index (χ1v) is 10.1. The van der Waals surface area contributed by atoms with Gasteiger partial charge in [-0.05, 0) is 73.5 Å². The van der Waals surface area contributed by atoms with Crippen molar-refractivity contribution in [2.45, 2.75) is 13.8 Å². The quantitative estimate of drug-likeness (QED) is 0.402. The van der Waals surface area contributed by atoms with Crippen molar-refractivity contribution in [1.29, 1.82) is 0 Å². The number of benzene rings is 3. The van der Waals surface area contributed by atoms with Crippen LogP contribution < -0.4 is 5.32 Å². The molecule has 0 saturated heterocycles. The molecule has 0 radical (unpaired) electrons. The van der Waals surface area contributed by atoms with Crippen molar-refractivity contribution in [3.05, 3.63) is 95.8 Å². The van der Waals surface area contributed by atoms with Gasteiger partial charge >= 0.3 is 0 Å². The summed E-state index contributed by atoms with van der Waals surface area (Å²) in [5.74, 6) is -0.124. The van der Waals surface area contributed by atoms with E-state index >= 15 is 0 Å². The van der Waals surface area contributed by atoms with Gasteiger partial charge in [0, 0.05) is 40.9 Å². The summed E-state index contributed by atoms with van der Waals surface area (Å²) in [6.07, 6.45) is 2.02. The molecule has 5 aromatic rings. The molecule has 0 saturated carbocycles. The van der Waals surface area contributed by atoms with Crippen LogP contribution in [0.3, 0.4) is 0 Å². The van der Waals surface area contributed by atoms with Gasteiger partial charge in [-0.25, -0.2) is 0 Å². The highest BCUT2D eigenvalue weighted by Gasteiger charge is 2.17. The van der Waals surface area contributed by atoms with Crippen molar-refractivity contribution < 1.29 is 4.79 Å². The predicted octanol–water partition coefficient (Wildman–Crippen LogP) is 5.99. The SMILES string of the molecule is Cc1cc(C)cc(-n2c(C(=O)Nc3ccc4c(ccn4C)c3)cc3ccccc32)c1. The molecule has 0 atom stereocenters. The summed E-state index contributed by atoms with van der Waals surface area (Å²) in [7, 11) is 2.02. The number of amides is 1. The Morgan fingerprint density at radius 1 is 0.800 bits per heavy atom. The lowest BCUT2D eigenvalue weighted by molar-refractivity contribution is 0.102. The zero-order chi connectivity index (χ0) is 20.8. The number of hydrogen-bond acceptors (Lipinski definition) is 1. The van der Waals surface area contributed by atoms with E-state index in [0.29, 0.717) is 5.69 Å². The van der Waals surface area contributed by atoms with Crippen LogP contribution in [0.5, 0.6) is 0 Å². The van der Waals surface area contributed by atoms with Gasteiger partial charge in [0.05, 0.1) is 5.52 Å². The number of fused-ring (bicyclic) bond motifs is 2. The van der Waals surface area contributed by atoms with Gasteiger partial charge in [-0.3, -0.25) is 4.79 Å². The van der Waals surface area contributed by atoms with Crippen LogP contribution >= 0.6 is 0 Å². The minimum absolute atomic E-state index is 0.124. The Kier molecular flexibility index (Phi) is 4.21. The smallest absolute Gasteiger partial charge is 0.272 e. The summed E-state index contributed by atoms with van der Waals surface area (Å²) < 4.78 is 4.12. The summed E-state index contributed by atoms with van der Waals surface area (Å²) in [4.78, 5) is 13.4. The molecule has 148 valence electrons. The highest BCUT2D eigenvalue weighted by Crippen LogP contribution is 2.27. The number of carbonyl (C=O) groups excluding carboxylic acids is 1. The molecule has 5 rings (SSSR count). The van der Waals surface area contributed by atoms with Crippen molar-refractivity contribution in [2.75, 3.05) is 5.32 Å². The third-order valence-corrected chi connectivity index (χ3v) is 5.55. The van der Waals surface area contributed by atoms with E-state index in [-0.39, 0.29) is 5.91 Å². The molecule has 2 heterocycles. The molecule has 30 heavy (non-hydrogen) atoms. The van der Waals surface area contributed by atoms with Crippen molar-refractivity contribution in [3.8, 4) is 5.69 Å². The molecule has 4 nitrogen and oxygen atoms in total. The maximum Gasteiger partial charge on any atom is 0.272 e. The van der Waals surface area contributed by atoms with Crippen molar-refractivity contribution in [1.82, 2.24) is 9.13 Å². The number of nitrogens with zero attached hydrogens (tertiary/aromatic N) is 2. The minimum Gasteiger partial charge on any atom is -0.351 e. The number of aromatic nitrogens is 2. The van der Waals surface area contributed by atoms with Crippen molar-refractivity contribution in [2.24, 2.45) is 7.05 Å². The molecule has 0 aliphatic carbocycles. The molecule has 1 amide bonds. The third-order valence-electron chi connectivity index (χ3n) is 5.55. The standard InChI is InChI=1S/C26H23N3O/c1-17-12-18(2)14-22(13-17)29-24-7-5-4-6-19(24)16-25(29)26(30)27-21-8-9-23-20(15-21)10-11-28(23)3/h4-16H,1-3H3,(H,27,30). The van der Waals surface area contributed by atoms with Crippen LogP contribution in [0.4, 0.5) is 5.69 Å². The van der Waals surface area contributed by atoms with E-state index in [2.05, 4.69) is 54.1 Å². The van der Waals surface area contributed by atoms with E-state index < -0.39 is 0 Å². The average molecular weight is 393 g/mol. The van der Waals surface area contributed by atoms with E-state index in [0.717, 1.165) is 33.2 Å². The number of carbonyl (C=O) groups is 1. The van der Waals surface area contributed by atoms with Gasteiger partial charge in [0.15, 0.2) is 0 Å². The molecule has 0 aliphatic heterocycles. The van der Waals surface area contributed by atoms with Crippen molar-refractivity contribution in [3.63, 3.8) is 0 Å². The first-order valence-electron chi connectivity index (χ1n) is 10.1. The van der Waals surface area contributed by atoms with Gasteiger partial charge in [0.2, 0.25) is 0 Å². The van der Waals surface area contributed by atoms with Gasteiger partial charge in [-0.1, -0.05) is 24.3 Å². The number of hydrogen-bond donors (Lipinski definition) is 1. The zero-order valence-electron chi connectivity index (χ0n) is 17.3. The largest absolute Gasteiger partial charge is 0.351 e. The van der Waals surface area contributed by atoms with Gasteiger partial charge in [0.25, 0.3) is 5.91 Å². The van der Waals surface area contributed by atoms with Gasteiger partial charge in [-0.2, -0.15) is 0 Å². The van der Waals surface area contributed by atoms with E-state index in [9.17, 15) is 4.79 Å². The van der Waals surface area contributed by atoms with Crippen LogP contribution in [0.15, 0.2) is 79.0 Å². The summed E-state index contributed by atoms with van der Waals surface area (Å²) in [5.41, 5.74) is 6.90. The fraction of sp³-hybridized carbons (Fsp3) is 0.115.